The zero-order valence-electron chi connectivity index (χ0n) is 18.6. The largest absolute Gasteiger partial charge is 0.493 e. The third-order valence-corrected chi connectivity index (χ3v) is 6.64. The van der Waals surface area contributed by atoms with Crippen molar-refractivity contribution in [2.45, 2.75) is 38.1 Å². The minimum Gasteiger partial charge on any atom is -0.493 e. The number of aldehydes is 1. The lowest BCUT2D eigenvalue weighted by Crippen LogP contribution is -2.40. The number of hydrogen-bond donors (Lipinski definition) is 0. The van der Waals surface area contributed by atoms with Crippen LogP contribution in [-0.4, -0.2) is 49.5 Å². The molecule has 1 saturated heterocycles. The van der Waals surface area contributed by atoms with Gasteiger partial charge in [0.1, 0.15) is 17.8 Å². The number of piperidine rings is 1. The summed E-state index contributed by atoms with van der Waals surface area (Å²) in [5, 5.41) is 0.838. The van der Waals surface area contributed by atoms with E-state index in [4.69, 9.17) is 14.2 Å². The first-order chi connectivity index (χ1) is 15.7. The Morgan fingerprint density at radius 2 is 1.84 bits per heavy atom. The van der Waals surface area contributed by atoms with Crippen LogP contribution in [0.1, 0.15) is 32.1 Å². The van der Waals surface area contributed by atoms with Crippen LogP contribution in [0.25, 0.3) is 10.9 Å². The maximum atomic E-state index is 12.1. The molecule has 6 heteroatoms. The van der Waals surface area contributed by atoms with Gasteiger partial charge < -0.3 is 14.2 Å². The summed E-state index contributed by atoms with van der Waals surface area (Å²) in [5.41, 5.74) is 4.15. The topological polar surface area (TPSA) is 60.9 Å². The number of ether oxygens (including phenoxy) is 3. The number of pyridine rings is 1. The van der Waals surface area contributed by atoms with E-state index in [2.05, 4.69) is 22.0 Å². The summed E-state index contributed by atoms with van der Waals surface area (Å²) in [5.74, 6) is 2.72. The number of aromatic nitrogens is 1. The molecule has 2 aliphatic heterocycles. The van der Waals surface area contributed by atoms with Crippen molar-refractivity contribution in [2.24, 2.45) is 0 Å². The molecule has 2 bridgehead atoms. The number of rotatable bonds is 5. The van der Waals surface area contributed by atoms with E-state index in [9.17, 15) is 4.79 Å². The van der Waals surface area contributed by atoms with Crippen LogP contribution in [-0.2, 0) is 4.79 Å². The highest BCUT2D eigenvalue weighted by atomic mass is 16.5. The lowest BCUT2D eigenvalue weighted by molar-refractivity contribution is -0.105. The molecule has 1 aliphatic carbocycles. The van der Waals surface area contributed by atoms with Crippen molar-refractivity contribution in [1.29, 1.82) is 0 Å². The summed E-state index contributed by atoms with van der Waals surface area (Å²) in [4.78, 5) is 19.1. The summed E-state index contributed by atoms with van der Waals surface area (Å²) in [6.45, 7) is 2.17. The smallest absolute Gasteiger partial charge is 0.162 e. The Kier molecular flexibility index (Phi) is 5.70. The van der Waals surface area contributed by atoms with E-state index in [1.54, 1.807) is 20.4 Å². The van der Waals surface area contributed by atoms with Gasteiger partial charge in [0.25, 0.3) is 0 Å². The molecule has 6 nitrogen and oxygen atoms in total. The molecular formula is C26H28N2O4. The van der Waals surface area contributed by atoms with Crippen molar-refractivity contribution in [3.63, 3.8) is 0 Å². The molecule has 0 spiro atoms. The SMILES string of the molecule is COc1cc2nccc(O/C3=C/C4=CC5/C(=C(/C=O)C3)CCCN5CCC4)c2cc1OC. The number of allylic oxidation sites excluding steroid dienone is 3. The highest BCUT2D eigenvalue weighted by Gasteiger charge is 2.30. The second kappa shape index (κ2) is 8.79. The molecule has 1 unspecified atom stereocenters. The van der Waals surface area contributed by atoms with Crippen LogP contribution in [0.2, 0.25) is 0 Å². The van der Waals surface area contributed by atoms with Crippen molar-refractivity contribution < 1.29 is 19.0 Å². The molecule has 5 rings (SSSR count). The van der Waals surface area contributed by atoms with Gasteiger partial charge in [0.05, 0.1) is 25.8 Å². The maximum absolute atomic E-state index is 12.1. The maximum Gasteiger partial charge on any atom is 0.162 e. The number of methoxy groups -OCH3 is 2. The van der Waals surface area contributed by atoms with Crippen LogP contribution in [0.3, 0.4) is 0 Å². The van der Waals surface area contributed by atoms with Crippen LogP contribution in [0.5, 0.6) is 17.2 Å². The van der Waals surface area contributed by atoms with Gasteiger partial charge in [-0.25, -0.2) is 0 Å². The lowest BCUT2D eigenvalue weighted by Gasteiger charge is -2.36. The Labute approximate surface area is 188 Å². The average molecular weight is 433 g/mol. The van der Waals surface area contributed by atoms with Gasteiger partial charge in [0.2, 0.25) is 0 Å². The van der Waals surface area contributed by atoms with Gasteiger partial charge >= 0.3 is 0 Å². The van der Waals surface area contributed by atoms with Gasteiger partial charge in [0.15, 0.2) is 11.5 Å². The Bertz CT molecular complexity index is 1150. The molecule has 3 heterocycles. The summed E-state index contributed by atoms with van der Waals surface area (Å²) in [6, 6.07) is 5.84. The minimum atomic E-state index is 0.248. The Balaban J connectivity index is 1.57. The first-order valence-electron chi connectivity index (χ1n) is 11.2. The quantitative estimate of drug-likeness (QED) is 0.644. The van der Waals surface area contributed by atoms with Crippen molar-refractivity contribution in [3.05, 3.63) is 59.0 Å². The molecule has 3 aliphatic rings. The van der Waals surface area contributed by atoms with Crippen LogP contribution >= 0.6 is 0 Å². The van der Waals surface area contributed by atoms with Crippen LogP contribution in [0.15, 0.2) is 59.0 Å². The fourth-order valence-corrected chi connectivity index (χ4v) is 5.10. The minimum absolute atomic E-state index is 0.248. The molecule has 0 saturated carbocycles. The van der Waals surface area contributed by atoms with E-state index in [-0.39, 0.29) is 6.04 Å². The van der Waals surface area contributed by atoms with E-state index >= 15 is 0 Å². The third-order valence-electron chi connectivity index (χ3n) is 6.64. The number of hydrogen-bond acceptors (Lipinski definition) is 6. The predicted molar refractivity (Wildman–Crippen MR) is 123 cm³/mol. The molecule has 1 aromatic heterocycles. The zero-order chi connectivity index (χ0) is 22.1. The molecule has 166 valence electrons. The van der Waals surface area contributed by atoms with Crippen LogP contribution in [0, 0.1) is 0 Å². The number of carbonyl (C=O) groups is 1. The molecule has 1 fully saturated rings. The average Bonchev–Trinajstić information content (AvgIpc) is 3.02. The first-order valence-corrected chi connectivity index (χ1v) is 11.2. The van der Waals surface area contributed by atoms with E-state index in [1.165, 1.54) is 11.1 Å². The van der Waals surface area contributed by atoms with Crippen molar-refractivity contribution in [1.82, 2.24) is 9.88 Å². The van der Waals surface area contributed by atoms with Crippen LogP contribution in [0.4, 0.5) is 0 Å². The first kappa shape index (κ1) is 20.8. The van der Waals surface area contributed by atoms with E-state index in [0.29, 0.717) is 23.7 Å². The second-order valence-electron chi connectivity index (χ2n) is 8.52. The number of fused-ring (bicyclic) bond motifs is 1. The van der Waals surface area contributed by atoms with Crippen LogP contribution < -0.4 is 14.2 Å². The molecule has 0 radical (unpaired) electrons. The Morgan fingerprint density at radius 3 is 2.62 bits per heavy atom. The standard InChI is InChI=1S/C26H28N2O4/c1-30-25-14-21-22(15-26(25)31-2)27-8-7-24(21)32-19-11-17-5-3-9-28-10-4-6-20(23(28)12-17)18(13-19)16-29/h7-8,11-12,14-16,23H,3-6,9-10,13H2,1-2H3/b19-11+,20-18+. The summed E-state index contributed by atoms with van der Waals surface area (Å²) >= 11 is 0. The molecular weight excluding hydrogens is 404 g/mol. The summed E-state index contributed by atoms with van der Waals surface area (Å²) in [6.07, 6.45) is 11.9. The fraction of sp³-hybridized carbons (Fsp3) is 0.385. The van der Waals surface area contributed by atoms with Gasteiger partial charge in [-0.2, -0.15) is 0 Å². The molecule has 1 aromatic carbocycles. The van der Waals surface area contributed by atoms with Crippen molar-refractivity contribution >= 4 is 17.2 Å². The number of carbonyl (C=O) groups excluding carboxylic acids is 1. The van der Waals surface area contributed by atoms with Gasteiger partial charge in [-0.3, -0.25) is 14.7 Å². The predicted octanol–water partition coefficient (Wildman–Crippen LogP) is 4.60. The zero-order valence-corrected chi connectivity index (χ0v) is 18.6. The van der Waals surface area contributed by atoms with E-state index < -0.39 is 0 Å². The molecule has 1 atom stereocenters. The fourth-order valence-electron chi connectivity index (χ4n) is 5.10. The van der Waals surface area contributed by atoms with Crippen molar-refractivity contribution in [3.8, 4) is 17.2 Å². The van der Waals surface area contributed by atoms with Gasteiger partial charge in [0, 0.05) is 29.6 Å². The lowest BCUT2D eigenvalue weighted by atomic mass is 9.87. The highest BCUT2D eigenvalue weighted by molar-refractivity contribution is 5.88. The van der Waals surface area contributed by atoms with Crippen molar-refractivity contribution in [2.75, 3.05) is 27.3 Å². The monoisotopic (exact) mass is 432 g/mol. The second-order valence-corrected chi connectivity index (χ2v) is 8.52. The summed E-state index contributed by atoms with van der Waals surface area (Å²) in [7, 11) is 3.22. The molecule has 32 heavy (non-hydrogen) atoms. The van der Waals surface area contributed by atoms with E-state index in [0.717, 1.165) is 67.3 Å². The van der Waals surface area contributed by atoms with E-state index in [1.807, 2.05) is 18.2 Å². The Hall–Kier alpha value is -3.12. The number of nitrogens with zero attached hydrogens (tertiary/aromatic N) is 2. The molecule has 0 amide bonds. The number of benzene rings is 1. The third kappa shape index (κ3) is 3.79. The molecule has 2 aromatic rings. The van der Waals surface area contributed by atoms with Gasteiger partial charge in [-0.15, -0.1) is 0 Å². The normalized spacial score (nSPS) is 25.0. The molecule has 0 N–H and O–H groups in total. The summed E-state index contributed by atoms with van der Waals surface area (Å²) < 4.78 is 17.4. The highest BCUT2D eigenvalue weighted by Crippen LogP contribution is 2.38. The van der Waals surface area contributed by atoms with Gasteiger partial charge in [-0.1, -0.05) is 6.08 Å². The Morgan fingerprint density at radius 1 is 1.06 bits per heavy atom. The van der Waals surface area contributed by atoms with Gasteiger partial charge in [-0.05, 0) is 68.1 Å².